The van der Waals surface area contributed by atoms with Crippen molar-refractivity contribution >= 4 is 16.9 Å². The molecule has 4 aromatic rings. The van der Waals surface area contributed by atoms with E-state index in [1.807, 2.05) is 30.3 Å². The Hall–Kier alpha value is -4.26. The number of esters is 1. The number of rotatable bonds is 7. The van der Waals surface area contributed by atoms with E-state index in [1.54, 1.807) is 43.5 Å². The van der Waals surface area contributed by atoms with E-state index >= 15 is 0 Å². The molecule has 33 heavy (non-hydrogen) atoms. The standard InChI is InChI=1S/C26H22O7/c1-29-18-11-9-17(10-12-18)25-23(26(28)32-15-16-7-5-4-6-8-16)24(27)22-20(31-3)13-19(30-2)14-21(22)33-25/h4-14H,15H2,1-3H3. The van der Waals surface area contributed by atoms with Gasteiger partial charge in [0.1, 0.15) is 34.8 Å². The fourth-order valence-electron chi connectivity index (χ4n) is 3.46. The molecule has 1 aromatic heterocycles. The van der Waals surface area contributed by atoms with Crippen LogP contribution in [0.1, 0.15) is 15.9 Å². The van der Waals surface area contributed by atoms with Gasteiger partial charge in [0.2, 0.25) is 5.43 Å². The van der Waals surface area contributed by atoms with Crippen LogP contribution in [0.15, 0.2) is 75.9 Å². The van der Waals surface area contributed by atoms with Crippen molar-refractivity contribution in [2.75, 3.05) is 21.3 Å². The van der Waals surface area contributed by atoms with Gasteiger partial charge in [0.15, 0.2) is 11.3 Å². The van der Waals surface area contributed by atoms with Gasteiger partial charge in [-0.25, -0.2) is 4.79 Å². The van der Waals surface area contributed by atoms with Crippen molar-refractivity contribution in [3.63, 3.8) is 0 Å². The Balaban J connectivity index is 1.90. The summed E-state index contributed by atoms with van der Waals surface area (Å²) in [5.41, 5.74) is 0.765. The molecule has 0 aliphatic heterocycles. The maximum atomic E-state index is 13.6. The minimum absolute atomic E-state index is 0.0128. The lowest BCUT2D eigenvalue weighted by atomic mass is 10.0. The molecule has 0 aliphatic carbocycles. The van der Waals surface area contributed by atoms with Crippen molar-refractivity contribution in [2.45, 2.75) is 6.61 Å². The van der Waals surface area contributed by atoms with Crippen LogP contribution < -0.4 is 19.6 Å². The topological polar surface area (TPSA) is 84.2 Å². The van der Waals surface area contributed by atoms with Crippen molar-refractivity contribution in [3.05, 3.63) is 88.1 Å². The second kappa shape index (κ2) is 9.48. The van der Waals surface area contributed by atoms with Crippen LogP contribution in [-0.2, 0) is 11.3 Å². The summed E-state index contributed by atoms with van der Waals surface area (Å²) in [6.45, 7) is 0.0128. The fourth-order valence-corrected chi connectivity index (χ4v) is 3.46. The lowest BCUT2D eigenvalue weighted by Gasteiger charge is -2.13. The molecule has 3 aromatic carbocycles. The zero-order valence-electron chi connectivity index (χ0n) is 18.4. The molecule has 0 unspecified atom stereocenters. The summed E-state index contributed by atoms with van der Waals surface area (Å²) in [6.07, 6.45) is 0. The van der Waals surface area contributed by atoms with E-state index in [4.69, 9.17) is 23.4 Å². The molecule has 0 N–H and O–H groups in total. The Morgan fingerprint density at radius 1 is 0.848 bits per heavy atom. The molecule has 168 valence electrons. The zero-order chi connectivity index (χ0) is 23.4. The van der Waals surface area contributed by atoms with Crippen LogP contribution in [0.25, 0.3) is 22.3 Å². The number of carbonyl (C=O) groups excluding carboxylic acids is 1. The van der Waals surface area contributed by atoms with Gasteiger partial charge >= 0.3 is 5.97 Å². The minimum atomic E-state index is -0.793. The second-order valence-corrected chi connectivity index (χ2v) is 7.13. The Morgan fingerprint density at radius 2 is 1.55 bits per heavy atom. The van der Waals surface area contributed by atoms with Crippen LogP contribution in [0.3, 0.4) is 0 Å². The molecule has 1 heterocycles. The average Bonchev–Trinajstić information content (AvgIpc) is 2.87. The predicted octanol–water partition coefficient (Wildman–Crippen LogP) is 4.84. The van der Waals surface area contributed by atoms with Crippen molar-refractivity contribution < 1.29 is 28.2 Å². The molecule has 0 amide bonds. The number of carbonyl (C=O) groups is 1. The molecular weight excluding hydrogens is 424 g/mol. The van der Waals surface area contributed by atoms with E-state index in [2.05, 4.69) is 0 Å². The van der Waals surface area contributed by atoms with Gasteiger partial charge in [0, 0.05) is 17.7 Å². The Morgan fingerprint density at radius 3 is 2.18 bits per heavy atom. The highest BCUT2D eigenvalue weighted by molar-refractivity contribution is 6.00. The second-order valence-electron chi connectivity index (χ2n) is 7.13. The number of ether oxygens (including phenoxy) is 4. The van der Waals surface area contributed by atoms with Gasteiger partial charge in [-0.05, 0) is 29.8 Å². The van der Waals surface area contributed by atoms with Gasteiger partial charge in [-0.2, -0.15) is 0 Å². The Bertz CT molecular complexity index is 1340. The molecule has 0 radical (unpaired) electrons. The van der Waals surface area contributed by atoms with E-state index in [-0.39, 0.29) is 34.6 Å². The largest absolute Gasteiger partial charge is 0.497 e. The molecule has 0 saturated carbocycles. The normalized spacial score (nSPS) is 10.6. The van der Waals surface area contributed by atoms with E-state index in [0.29, 0.717) is 17.1 Å². The van der Waals surface area contributed by atoms with Gasteiger partial charge in [-0.15, -0.1) is 0 Å². The maximum absolute atomic E-state index is 13.6. The highest BCUT2D eigenvalue weighted by Gasteiger charge is 2.26. The zero-order valence-corrected chi connectivity index (χ0v) is 18.4. The molecule has 0 atom stereocenters. The lowest BCUT2D eigenvalue weighted by molar-refractivity contribution is 0.0470. The average molecular weight is 446 g/mol. The van der Waals surface area contributed by atoms with E-state index in [1.165, 1.54) is 14.2 Å². The third-order valence-corrected chi connectivity index (χ3v) is 5.16. The quantitative estimate of drug-likeness (QED) is 0.376. The third kappa shape index (κ3) is 4.39. The molecule has 0 spiro atoms. The number of hydrogen-bond acceptors (Lipinski definition) is 7. The van der Waals surface area contributed by atoms with Crippen LogP contribution in [0.2, 0.25) is 0 Å². The van der Waals surface area contributed by atoms with Crippen LogP contribution >= 0.6 is 0 Å². The van der Waals surface area contributed by atoms with E-state index in [0.717, 1.165) is 5.56 Å². The molecule has 0 bridgehead atoms. The first-order chi connectivity index (χ1) is 16.0. The van der Waals surface area contributed by atoms with E-state index < -0.39 is 11.4 Å². The van der Waals surface area contributed by atoms with Gasteiger partial charge in [0.05, 0.1) is 21.3 Å². The van der Waals surface area contributed by atoms with Crippen molar-refractivity contribution in [1.29, 1.82) is 0 Å². The maximum Gasteiger partial charge on any atom is 0.346 e. The lowest BCUT2D eigenvalue weighted by Crippen LogP contribution is -2.20. The van der Waals surface area contributed by atoms with Gasteiger partial charge in [-0.1, -0.05) is 30.3 Å². The monoisotopic (exact) mass is 446 g/mol. The van der Waals surface area contributed by atoms with Crippen LogP contribution in [0, 0.1) is 0 Å². The highest BCUT2D eigenvalue weighted by Crippen LogP contribution is 2.34. The first-order valence-electron chi connectivity index (χ1n) is 10.1. The first kappa shape index (κ1) is 22.0. The van der Waals surface area contributed by atoms with Gasteiger partial charge in [-0.3, -0.25) is 4.79 Å². The summed E-state index contributed by atoms with van der Waals surface area (Å²) in [6, 6.07) is 19.2. The predicted molar refractivity (Wildman–Crippen MR) is 123 cm³/mol. The summed E-state index contributed by atoms with van der Waals surface area (Å²) in [5, 5.41) is 0.127. The Kier molecular flexibility index (Phi) is 6.31. The van der Waals surface area contributed by atoms with Crippen LogP contribution in [-0.4, -0.2) is 27.3 Å². The number of fused-ring (bicyclic) bond motifs is 1. The highest BCUT2D eigenvalue weighted by atomic mass is 16.5. The fraction of sp³-hybridized carbons (Fsp3) is 0.154. The summed E-state index contributed by atoms with van der Waals surface area (Å²) in [7, 11) is 4.48. The van der Waals surface area contributed by atoms with Crippen molar-refractivity contribution in [2.24, 2.45) is 0 Å². The smallest absolute Gasteiger partial charge is 0.346 e. The SMILES string of the molecule is COc1ccc(-c2oc3cc(OC)cc(OC)c3c(=O)c2C(=O)OCc2ccccc2)cc1. The van der Waals surface area contributed by atoms with Gasteiger partial charge in [0.25, 0.3) is 0 Å². The number of benzene rings is 3. The number of methoxy groups -OCH3 is 3. The van der Waals surface area contributed by atoms with Gasteiger partial charge < -0.3 is 23.4 Å². The molecule has 7 nitrogen and oxygen atoms in total. The molecule has 0 fully saturated rings. The number of hydrogen-bond donors (Lipinski definition) is 0. The molecule has 0 aliphatic rings. The summed E-state index contributed by atoms with van der Waals surface area (Å²) in [4.78, 5) is 26.7. The summed E-state index contributed by atoms with van der Waals surface area (Å²) < 4.78 is 27.5. The van der Waals surface area contributed by atoms with Crippen molar-refractivity contribution in [1.82, 2.24) is 0 Å². The van der Waals surface area contributed by atoms with Crippen LogP contribution in [0.5, 0.6) is 17.2 Å². The molecule has 0 saturated heterocycles. The third-order valence-electron chi connectivity index (χ3n) is 5.16. The van der Waals surface area contributed by atoms with Crippen LogP contribution in [0.4, 0.5) is 0 Å². The molecular formula is C26H22O7. The molecule has 4 rings (SSSR count). The van der Waals surface area contributed by atoms with Crippen molar-refractivity contribution in [3.8, 4) is 28.6 Å². The summed E-state index contributed by atoms with van der Waals surface area (Å²) in [5.74, 6) is 0.596. The molecule has 7 heteroatoms. The minimum Gasteiger partial charge on any atom is -0.497 e. The van der Waals surface area contributed by atoms with E-state index in [9.17, 15) is 9.59 Å². The summed E-state index contributed by atoms with van der Waals surface area (Å²) >= 11 is 0. The first-order valence-corrected chi connectivity index (χ1v) is 10.1. The Labute approximate surface area is 190 Å².